The maximum Gasteiger partial charge on any atom is 0.147 e. The van der Waals surface area contributed by atoms with Gasteiger partial charge in [-0.1, -0.05) is 0 Å². The first-order valence-corrected chi connectivity index (χ1v) is 7.41. The fourth-order valence-electron chi connectivity index (χ4n) is 1.08. The van der Waals surface area contributed by atoms with E-state index in [1.165, 1.54) is 11.3 Å². The maximum atomic E-state index is 11.4. The minimum Gasteiger partial charge on any atom is -0.299 e. The molecule has 0 saturated heterocycles. The van der Waals surface area contributed by atoms with Gasteiger partial charge in [-0.2, -0.15) is 0 Å². The number of thiazole rings is 1. The van der Waals surface area contributed by atoms with Crippen LogP contribution in [0.15, 0.2) is 5.38 Å². The first-order valence-electron chi connectivity index (χ1n) is 4.47. The molecule has 0 fully saturated rings. The quantitative estimate of drug-likeness (QED) is 0.778. The van der Waals surface area contributed by atoms with Crippen molar-refractivity contribution in [2.45, 2.75) is 19.8 Å². The van der Waals surface area contributed by atoms with E-state index in [2.05, 4.69) is 4.98 Å². The van der Waals surface area contributed by atoms with Gasteiger partial charge in [0, 0.05) is 24.5 Å². The molecule has 0 aromatic carbocycles. The topological polar surface area (TPSA) is 64.1 Å². The molecule has 6 heteroatoms. The van der Waals surface area contributed by atoms with E-state index in [4.69, 9.17) is 0 Å². The van der Waals surface area contributed by atoms with E-state index >= 15 is 0 Å². The standard InChI is InChI=1S/C9H13NO3S2/c1-7-10-8(6-14-7)5-9(11)3-4-15(2,12)13/h6H,3-5H2,1-2H3. The van der Waals surface area contributed by atoms with Gasteiger partial charge in [0.15, 0.2) is 0 Å². The van der Waals surface area contributed by atoms with Gasteiger partial charge in [-0.05, 0) is 6.92 Å². The molecule has 0 saturated carbocycles. The summed E-state index contributed by atoms with van der Waals surface area (Å²) >= 11 is 1.49. The molecule has 1 rings (SSSR count). The highest BCUT2D eigenvalue weighted by Crippen LogP contribution is 2.09. The van der Waals surface area contributed by atoms with Crippen LogP contribution in [0.25, 0.3) is 0 Å². The Morgan fingerprint density at radius 3 is 2.67 bits per heavy atom. The lowest BCUT2D eigenvalue weighted by molar-refractivity contribution is -0.118. The van der Waals surface area contributed by atoms with Crippen LogP contribution in [0.1, 0.15) is 17.1 Å². The molecule has 1 heterocycles. The molecular weight excluding hydrogens is 234 g/mol. The van der Waals surface area contributed by atoms with E-state index in [-0.39, 0.29) is 24.4 Å². The summed E-state index contributed by atoms with van der Waals surface area (Å²) in [6.45, 7) is 1.87. The first-order chi connectivity index (χ1) is 6.87. The van der Waals surface area contributed by atoms with Gasteiger partial charge in [0.05, 0.1) is 16.5 Å². The average Bonchev–Trinajstić information content (AvgIpc) is 2.47. The highest BCUT2D eigenvalue weighted by Gasteiger charge is 2.10. The van der Waals surface area contributed by atoms with Crippen LogP contribution in [0.4, 0.5) is 0 Å². The van der Waals surface area contributed by atoms with Gasteiger partial charge in [0.1, 0.15) is 15.6 Å². The van der Waals surface area contributed by atoms with Crippen molar-refractivity contribution >= 4 is 27.0 Å². The van der Waals surface area contributed by atoms with Crippen LogP contribution in [0.5, 0.6) is 0 Å². The number of carbonyl (C=O) groups is 1. The molecule has 15 heavy (non-hydrogen) atoms. The third kappa shape index (κ3) is 5.03. The number of Topliss-reactive ketones (excluding diaryl/α,β-unsaturated/α-hetero) is 1. The fourth-order valence-corrected chi connectivity index (χ4v) is 2.29. The van der Waals surface area contributed by atoms with Crippen molar-refractivity contribution in [2.24, 2.45) is 0 Å². The average molecular weight is 247 g/mol. The highest BCUT2D eigenvalue weighted by molar-refractivity contribution is 7.90. The zero-order chi connectivity index (χ0) is 11.5. The maximum absolute atomic E-state index is 11.4. The summed E-state index contributed by atoms with van der Waals surface area (Å²) in [5, 5.41) is 2.74. The molecule has 0 aliphatic carbocycles. The summed E-state index contributed by atoms with van der Waals surface area (Å²) in [5.74, 6) is -0.152. The van der Waals surface area contributed by atoms with E-state index in [1.807, 2.05) is 12.3 Å². The lowest BCUT2D eigenvalue weighted by atomic mass is 10.2. The fraction of sp³-hybridized carbons (Fsp3) is 0.556. The lowest BCUT2D eigenvalue weighted by Crippen LogP contribution is -2.11. The third-order valence-corrected chi connectivity index (χ3v) is 3.56. The summed E-state index contributed by atoms with van der Waals surface area (Å²) in [6.07, 6.45) is 1.45. The molecule has 4 nitrogen and oxygen atoms in total. The molecule has 84 valence electrons. The summed E-state index contributed by atoms with van der Waals surface area (Å²) in [6, 6.07) is 0. The second-order valence-corrected chi connectivity index (χ2v) is 6.78. The Morgan fingerprint density at radius 1 is 1.53 bits per heavy atom. The van der Waals surface area contributed by atoms with Crippen molar-refractivity contribution in [1.82, 2.24) is 4.98 Å². The number of hydrogen-bond acceptors (Lipinski definition) is 5. The van der Waals surface area contributed by atoms with Crippen molar-refractivity contribution < 1.29 is 13.2 Å². The second kappa shape index (κ2) is 4.85. The Labute approximate surface area is 93.3 Å². The Kier molecular flexibility index (Phi) is 3.98. The monoisotopic (exact) mass is 247 g/mol. The number of hydrogen-bond donors (Lipinski definition) is 0. The number of nitrogens with zero attached hydrogens (tertiary/aromatic N) is 1. The van der Waals surface area contributed by atoms with Crippen molar-refractivity contribution in [3.8, 4) is 0 Å². The molecule has 1 aromatic rings. The van der Waals surface area contributed by atoms with Crippen LogP contribution >= 0.6 is 11.3 Å². The normalized spacial score (nSPS) is 11.6. The van der Waals surface area contributed by atoms with E-state index in [9.17, 15) is 13.2 Å². The molecule has 0 spiro atoms. The van der Waals surface area contributed by atoms with Crippen molar-refractivity contribution in [2.75, 3.05) is 12.0 Å². The van der Waals surface area contributed by atoms with Crippen LogP contribution < -0.4 is 0 Å². The molecule has 0 unspecified atom stereocenters. The van der Waals surface area contributed by atoms with Crippen molar-refractivity contribution in [3.63, 3.8) is 0 Å². The van der Waals surface area contributed by atoms with Crippen molar-refractivity contribution in [3.05, 3.63) is 16.1 Å². The molecule has 0 aliphatic heterocycles. The minimum atomic E-state index is -3.04. The van der Waals surface area contributed by atoms with E-state index in [0.29, 0.717) is 0 Å². The van der Waals surface area contributed by atoms with Gasteiger partial charge >= 0.3 is 0 Å². The van der Waals surface area contributed by atoms with Gasteiger partial charge in [-0.25, -0.2) is 13.4 Å². The van der Waals surface area contributed by atoms with Crippen LogP contribution in [-0.2, 0) is 21.1 Å². The molecule has 0 amide bonds. The third-order valence-electron chi connectivity index (χ3n) is 1.80. The van der Waals surface area contributed by atoms with E-state index < -0.39 is 9.84 Å². The largest absolute Gasteiger partial charge is 0.299 e. The number of ketones is 1. The smallest absolute Gasteiger partial charge is 0.147 e. The molecule has 0 atom stereocenters. The SMILES string of the molecule is Cc1nc(CC(=O)CCS(C)(=O)=O)cs1. The van der Waals surface area contributed by atoms with Crippen LogP contribution in [-0.4, -0.2) is 31.2 Å². The Morgan fingerprint density at radius 2 is 2.20 bits per heavy atom. The Bertz CT molecular complexity index is 448. The zero-order valence-corrected chi connectivity index (χ0v) is 10.3. The highest BCUT2D eigenvalue weighted by atomic mass is 32.2. The molecule has 1 aromatic heterocycles. The summed E-state index contributed by atoms with van der Waals surface area (Å²) in [5.41, 5.74) is 0.732. The molecular formula is C9H13NO3S2. The molecule has 0 radical (unpaired) electrons. The second-order valence-electron chi connectivity index (χ2n) is 3.45. The number of aryl methyl sites for hydroxylation is 1. The predicted octanol–water partition coefficient (Wildman–Crippen LogP) is 0.998. The van der Waals surface area contributed by atoms with Crippen LogP contribution in [0.3, 0.4) is 0 Å². The van der Waals surface area contributed by atoms with Crippen molar-refractivity contribution in [1.29, 1.82) is 0 Å². The van der Waals surface area contributed by atoms with E-state index in [0.717, 1.165) is 17.0 Å². The number of rotatable bonds is 5. The van der Waals surface area contributed by atoms with Crippen LogP contribution in [0.2, 0.25) is 0 Å². The molecule has 0 bridgehead atoms. The summed E-state index contributed by atoms with van der Waals surface area (Å²) < 4.78 is 21.7. The van der Waals surface area contributed by atoms with Gasteiger partial charge in [0.25, 0.3) is 0 Å². The summed E-state index contributed by atoms with van der Waals surface area (Å²) in [7, 11) is -3.04. The van der Waals surface area contributed by atoms with Crippen LogP contribution in [0, 0.1) is 6.92 Å². The molecule has 0 aliphatic rings. The molecule has 0 N–H and O–H groups in total. The number of aromatic nitrogens is 1. The summed E-state index contributed by atoms with van der Waals surface area (Å²) in [4.78, 5) is 15.5. The minimum absolute atomic E-state index is 0.0745. The Balaban J connectivity index is 2.44. The van der Waals surface area contributed by atoms with Gasteiger partial charge < -0.3 is 0 Å². The zero-order valence-electron chi connectivity index (χ0n) is 8.69. The van der Waals surface area contributed by atoms with Gasteiger partial charge in [0.2, 0.25) is 0 Å². The number of sulfone groups is 1. The van der Waals surface area contributed by atoms with Gasteiger partial charge in [-0.3, -0.25) is 4.79 Å². The van der Waals surface area contributed by atoms with E-state index in [1.54, 1.807) is 0 Å². The number of carbonyl (C=O) groups excluding carboxylic acids is 1. The lowest BCUT2D eigenvalue weighted by Gasteiger charge is -1.97. The van der Waals surface area contributed by atoms with Gasteiger partial charge in [-0.15, -0.1) is 11.3 Å². The predicted molar refractivity (Wildman–Crippen MR) is 59.9 cm³/mol. The first kappa shape index (κ1) is 12.3. The Hall–Kier alpha value is -0.750.